The van der Waals surface area contributed by atoms with Gasteiger partial charge in [0, 0.05) is 37.5 Å². The minimum Gasteiger partial charge on any atom is -0.311 e. The molecule has 1 N–H and O–H groups in total. The van der Waals surface area contributed by atoms with Crippen LogP contribution >= 0.6 is 0 Å². The highest BCUT2D eigenvalue weighted by Gasteiger charge is 2.36. The van der Waals surface area contributed by atoms with Crippen LogP contribution in [-0.4, -0.2) is 56.5 Å². The summed E-state index contributed by atoms with van der Waals surface area (Å²) < 4.78 is 24.0. The van der Waals surface area contributed by atoms with Crippen molar-refractivity contribution < 1.29 is 8.42 Å². The van der Waals surface area contributed by atoms with Crippen molar-refractivity contribution in [3.8, 4) is 0 Å². The molecule has 2 unspecified atom stereocenters. The zero-order chi connectivity index (χ0) is 16.3. The monoisotopic (exact) mass is 318 g/mol. The van der Waals surface area contributed by atoms with Crippen LogP contribution in [0, 0.1) is 11.3 Å². The van der Waals surface area contributed by atoms with E-state index in [4.69, 9.17) is 0 Å². The van der Waals surface area contributed by atoms with Crippen LogP contribution in [0.3, 0.4) is 0 Å². The van der Waals surface area contributed by atoms with Gasteiger partial charge in [-0.1, -0.05) is 41.5 Å². The van der Waals surface area contributed by atoms with E-state index in [2.05, 4.69) is 44.8 Å². The van der Waals surface area contributed by atoms with E-state index in [1.54, 1.807) is 0 Å². The molecular formula is C16H34N2O2S. The highest BCUT2D eigenvalue weighted by Crippen LogP contribution is 2.27. The SMILES string of the molecule is CCCS(=O)(=O)CCN1CC(C(C)C)NCC1C(C)(C)C. The Balaban J connectivity index is 2.75. The Morgan fingerprint density at radius 1 is 1.24 bits per heavy atom. The van der Waals surface area contributed by atoms with Gasteiger partial charge < -0.3 is 5.32 Å². The quantitative estimate of drug-likeness (QED) is 0.815. The Morgan fingerprint density at radius 2 is 1.86 bits per heavy atom. The Hall–Kier alpha value is -0.130. The van der Waals surface area contributed by atoms with E-state index in [1.807, 2.05) is 6.92 Å². The lowest BCUT2D eigenvalue weighted by Crippen LogP contribution is -2.62. The molecule has 1 aliphatic heterocycles. The summed E-state index contributed by atoms with van der Waals surface area (Å²) in [5.74, 6) is 1.17. The number of nitrogens with zero attached hydrogens (tertiary/aromatic N) is 1. The van der Waals surface area contributed by atoms with E-state index in [0.717, 1.165) is 13.1 Å². The van der Waals surface area contributed by atoms with Crippen LogP contribution in [-0.2, 0) is 9.84 Å². The van der Waals surface area contributed by atoms with Gasteiger partial charge in [0.25, 0.3) is 0 Å². The zero-order valence-electron chi connectivity index (χ0n) is 14.6. The first-order valence-electron chi connectivity index (χ1n) is 8.24. The smallest absolute Gasteiger partial charge is 0.151 e. The summed E-state index contributed by atoms with van der Waals surface area (Å²) in [4.78, 5) is 2.40. The van der Waals surface area contributed by atoms with E-state index >= 15 is 0 Å². The Labute approximate surface area is 131 Å². The third-order valence-electron chi connectivity index (χ3n) is 4.45. The number of hydrogen-bond donors (Lipinski definition) is 1. The molecule has 0 aromatic carbocycles. The summed E-state index contributed by atoms with van der Waals surface area (Å²) in [7, 11) is -2.90. The summed E-state index contributed by atoms with van der Waals surface area (Å²) in [5, 5.41) is 3.64. The van der Waals surface area contributed by atoms with Gasteiger partial charge in [-0.05, 0) is 17.8 Å². The Morgan fingerprint density at radius 3 is 2.33 bits per heavy atom. The van der Waals surface area contributed by atoms with Crippen LogP contribution in [0.1, 0.15) is 48.0 Å². The molecule has 2 atom stereocenters. The lowest BCUT2D eigenvalue weighted by Gasteiger charge is -2.47. The summed E-state index contributed by atoms with van der Waals surface area (Å²) in [6.07, 6.45) is 0.710. The minimum absolute atomic E-state index is 0.156. The van der Waals surface area contributed by atoms with Gasteiger partial charge in [0.2, 0.25) is 0 Å². The number of nitrogens with one attached hydrogen (secondary N) is 1. The summed E-state index contributed by atoms with van der Waals surface area (Å²) >= 11 is 0. The fourth-order valence-electron chi connectivity index (χ4n) is 3.05. The number of sulfone groups is 1. The van der Waals surface area contributed by atoms with Crippen molar-refractivity contribution in [1.82, 2.24) is 10.2 Å². The maximum absolute atomic E-state index is 12.0. The van der Waals surface area contributed by atoms with Gasteiger partial charge in [-0.25, -0.2) is 8.42 Å². The van der Waals surface area contributed by atoms with Crippen LogP contribution in [0.5, 0.6) is 0 Å². The molecule has 1 saturated heterocycles. The number of piperazine rings is 1. The Kier molecular flexibility index (Phi) is 6.69. The van der Waals surface area contributed by atoms with Crippen molar-refractivity contribution >= 4 is 9.84 Å². The molecular weight excluding hydrogens is 284 g/mol. The fraction of sp³-hybridized carbons (Fsp3) is 1.00. The van der Waals surface area contributed by atoms with Crippen LogP contribution in [0.4, 0.5) is 0 Å². The molecule has 0 radical (unpaired) electrons. The molecule has 4 nitrogen and oxygen atoms in total. The first kappa shape index (κ1) is 18.9. The van der Waals surface area contributed by atoms with Crippen LogP contribution < -0.4 is 5.32 Å². The topological polar surface area (TPSA) is 49.4 Å². The van der Waals surface area contributed by atoms with Gasteiger partial charge in [-0.2, -0.15) is 0 Å². The van der Waals surface area contributed by atoms with Gasteiger partial charge in [0.1, 0.15) is 0 Å². The van der Waals surface area contributed by atoms with Crippen molar-refractivity contribution in [1.29, 1.82) is 0 Å². The first-order chi connectivity index (χ1) is 9.57. The molecule has 0 aliphatic carbocycles. The molecule has 0 aromatic rings. The normalized spacial score (nSPS) is 25.5. The van der Waals surface area contributed by atoms with Crippen molar-refractivity contribution in [2.24, 2.45) is 11.3 Å². The summed E-state index contributed by atoms with van der Waals surface area (Å²) in [6, 6.07) is 0.849. The third kappa shape index (κ3) is 5.87. The molecule has 0 aromatic heterocycles. The number of rotatable bonds is 6. The molecule has 1 rings (SSSR count). The summed E-state index contributed by atoms with van der Waals surface area (Å²) in [6.45, 7) is 15.6. The average molecular weight is 319 g/mol. The maximum Gasteiger partial charge on any atom is 0.151 e. The Bertz CT molecular complexity index is 412. The second-order valence-corrected chi connectivity index (χ2v) is 10.1. The average Bonchev–Trinajstić information content (AvgIpc) is 2.35. The summed E-state index contributed by atoms with van der Waals surface area (Å²) in [5.41, 5.74) is 0.156. The van der Waals surface area contributed by atoms with Crippen LogP contribution in [0.15, 0.2) is 0 Å². The van der Waals surface area contributed by atoms with Crippen LogP contribution in [0.25, 0.3) is 0 Å². The van der Waals surface area contributed by atoms with E-state index in [9.17, 15) is 8.42 Å². The minimum atomic E-state index is -2.90. The second-order valence-electron chi connectivity index (χ2n) is 7.79. The zero-order valence-corrected chi connectivity index (χ0v) is 15.5. The molecule has 0 saturated carbocycles. The predicted molar refractivity (Wildman–Crippen MR) is 90.4 cm³/mol. The van der Waals surface area contributed by atoms with Crippen molar-refractivity contribution in [3.05, 3.63) is 0 Å². The molecule has 0 amide bonds. The largest absolute Gasteiger partial charge is 0.311 e. The number of hydrogen-bond acceptors (Lipinski definition) is 4. The lowest BCUT2D eigenvalue weighted by atomic mass is 9.83. The molecule has 5 heteroatoms. The maximum atomic E-state index is 12.0. The molecule has 1 heterocycles. The molecule has 0 spiro atoms. The van der Waals surface area contributed by atoms with Crippen molar-refractivity contribution in [2.75, 3.05) is 31.1 Å². The second kappa shape index (κ2) is 7.42. The van der Waals surface area contributed by atoms with E-state index < -0.39 is 9.84 Å². The van der Waals surface area contributed by atoms with Gasteiger partial charge >= 0.3 is 0 Å². The van der Waals surface area contributed by atoms with E-state index in [0.29, 0.717) is 36.7 Å². The van der Waals surface area contributed by atoms with E-state index in [-0.39, 0.29) is 11.2 Å². The third-order valence-corrected chi connectivity index (χ3v) is 6.29. The van der Waals surface area contributed by atoms with Crippen LogP contribution in [0.2, 0.25) is 0 Å². The van der Waals surface area contributed by atoms with Crippen molar-refractivity contribution in [3.63, 3.8) is 0 Å². The standard InChI is InChI=1S/C16H34N2O2S/c1-7-9-21(19,20)10-8-18-12-14(13(2)3)17-11-15(18)16(4,5)6/h13-15,17H,7-12H2,1-6H3. The van der Waals surface area contributed by atoms with Gasteiger partial charge in [0.05, 0.1) is 5.75 Å². The highest BCUT2D eigenvalue weighted by atomic mass is 32.2. The van der Waals surface area contributed by atoms with E-state index in [1.165, 1.54) is 0 Å². The van der Waals surface area contributed by atoms with Gasteiger partial charge in [-0.15, -0.1) is 0 Å². The predicted octanol–water partition coefficient (Wildman–Crippen LogP) is 2.16. The van der Waals surface area contributed by atoms with Crippen molar-refractivity contribution in [2.45, 2.75) is 60.0 Å². The van der Waals surface area contributed by atoms with Gasteiger partial charge in [0.15, 0.2) is 9.84 Å². The fourth-order valence-corrected chi connectivity index (χ4v) is 4.39. The molecule has 1 aliphatic rings. The lowest BCUT2D eigenvalue weighted by molar-refractivity contribution is 0.0512. The van der Waals surface area contributed by atoms with Gasteiger partial charge in [-0.3, -0.25) is 4.90 Å². The molecule has 126 valence electrons. The highest BCUT2D eigenvalue weighted by molar-refractivity contribution is 7.91. The first-order valence-corrected chi connectivity index (χ1v) is 10.1. The molecule has 21 heavy (non-hydrogen) atoms. The molecule has 0 bridgehead atoms. The molecule has 1 fully saturated rings.